The van der Waals surface area contributed by atoms with Gasteiger partial charge in [-0.3, -0.25) is 4.79 Å². The lowest BCUT2D eigenvalue weighted by Crippen LogP contribution is -2.35. The van der Waals surface area contributed by atoms with Gasteiger partial charge in [0.05, 0.1) is 11.0 Å². The first-order chi connectivity index (χ1) is 6.79. The summed E-state index contributed by atoms with van der Waals surface area (Å²) in [5.74, 6) is 0. The van der Waals surface area contributed by atoms with Crippen LogP contribution < -0.4 is 4.90 Å². The van der Waals surface area contributed by atoms with Crippen LogP contribution in [0, 0.1) is 0 Å². The number of rotatable bonds is 2. The molecule has 1 fully saturated rings. The highest BCUT2D eigenvalue weighted by molar-refractivity contribution is 7.12. The van der Waals surface area contributed by atoms with Crippen molar-refractivity contribution in [2.75, 3.05) is 18.0 Å². The number of aliphatic hydroxyl groups is 1. The Labute approximate surface area is 87.0 Å². The molecule has 76 valence electrons. The Hall–Kier alpha value is -0.870. The van der Waals surface area contributed by atoms with Crippen molar-refractivity contribution >= 4 is 23.3 Å². The van der Waals surface area contributed by atoms with Crippen LogP contribution in [0.4, 0.5) is 5.69 Å². The van der Waals surface area contributed by atoms with Gasteiger partial charge in [-0.2, -0.15) is 0 Å². The maximum absolute atomic E-state index is 10.5. The Morgan fingerprint density at radius 1 is 1.50 bits per heavy atom. The molecule has 0 atom stereocenters. The van der Waals surface area contributed by atoms with Gasteiger partial charge < -0.3 is 10.0 Å². The number of thiophene rings is 1. The number of anilines is 1. The SMILES string of the molecule is O=Cc1cc(N2CCC(O)CC2)cs1. The van der Waals surface area contributed by atoms with Gasteiger partial charge in [-0.15, -0.1) is 11.3 Å². The molecule has 0 bridgehead atoms. The van der Waals surface area contributed by atoms with E-state index in [0.29, 0.717) is 0 Å². The van der Waals surface area contributed by atoms with Gasteiger partial charge in [0, 0.05) is 24.2 Å². The smallest absolute Gasteiger partial charge is 0.160 e. The number of aliphatic hydroxyl groups excluding tert-OH is 1. The Morgan fingerprint density at radius 2 is 2.21 bits per heavy atom. The van der Waals surface area contributed by atoms with Gasteiger partial charge in [0.2, 0.25) is 0 Å². The number of carbonyl (C=O) groups is 1. The van der Waals surface area contributed by atoms with Crippen molar-refractivity contribution in [3.05, 3.63) is 16.3 Å². The number of hydrogen-bond donors (Lipinski definition) is 1. The minimum atomic E-state index is -0.143. The monoisotopic (exact) mass is 211 g/mol. The second kappa shape index (κ2) is 4.11. The van der Waals surface area contributed by atoms with E-state index in [1.807, 2.05) is 11.4 Å². The van der Waals surface area contributed by atoms with E-state index in [1.165, 1.54) is 11.3 Å². The standard InChI is InChI=1S/C10H13NO2S/c12-6-10-5-8(7-14-10)11-3-1-9(13)2-4-11/h5-7,9,13H,1-4H2. The van der Waals surface area contributed by atoms with E-state index in [0.717, 1.165) is 42.8 Å². The summed E-state index contributed by atoms with van der Waals surface area (Å²) in [7, 11) is 0. The van der Waals surface area contributed by atoms with Crippen molar-refractivity contribution in [3.8, 4) is 0 Å². The molecule has 0 unspecified atom stereocenters. The molecule has 0 saturated carbocycles. The summed E-state index contributed by atoms with van der Waals surface area (Å²) in [4.78, 5) is 13.5. The van der Waals surface area contributed by atoms with Gasteiger partial charge in [0.15, 0.2) is 6.29 Å². The number of aldehydes is 1. The number of piperidine rings is 1. The minimum Gasteiger partial charge on any atom is -0.393 e. The topological polar surface area (TPSA) is 40.5 Å². The van der Waals surface area contributed by atoms with Gasteiger partial charge in [-0.1, -0.05) is 0 Å². The highest BCUT2D eigenvalue weighted by atomic mass is 32.1. The fraction of sp³-hybridized carbons (Fsp3) is 0.500. The predicted molar refractivity (Wildman–Crippen MR) is 57.2 cm³/mol. The Balaban J connectivity index is 2.04. The van der Waals surface area contributed by atoms with E-state index in [4.69, 9.17) is 0 Å². The summed E-state index contributed by atoms with van der Waals surface area (Å²) in [5, 5.41) is 11.3. The van der Waals surface area contributed by atoms with Crippen LogP contribution in [0.3, 0.4) is 0 Å². The van der Waals surface area contributed by atoms with Crippen LogP contribution in [-0.4, -0.2) is 30.6 Å². The zero-order chi connectivity index (χ0) is 9.97. The zero-order valence-corrected chi connectivity index (χ0v) is 8.67. The number of carbonyl (C=O) groups excluding carboxylic acids is 1. The molecule has 0 aliphatic carbocycles. The van der Waals surface area contributed by atoms with Crippen molar-refractivity contribution in [1.29, 1.82) is 0 Å². The van der Waals surface area contributed by atoms with E-state index in [9.17, 15) is 9.90 Å². The third kappa shape index (κ3) is 1.96. The zero-order valence-electron chi connectivity index (χ0n) is 7.85. The molecule has 0 amide bonds. The van der Waals surface area contributed by atoms with Crippen molar-refractivity contribution in [2.45, 2.75) is 18.9 Å². The summed E-state index contributed by atoms with van der Waals surface area (Å²) < 4.78 is 0. The van der Waals surface area contributed by atoms with Gasteiger partial charge in [-0.25, -0.2) is 0 Å². The average Bonchev–Trinajstić information content (AvgIpc) is 2.67. The maximum atomic E-state index is 10.5. The molecule has 0 radical (unpaired) electrons. The van der Waals surface area contributed by atoms with Crippen LogP contribution in [0.25, 0.3) is 0 Å². The van der Waals surface area contributed by atoms with Crippen LogP contribution in [0.5, 0.6) is 0 Å². The maximum Gasteiger partial charge on any atom is 0.160 e. The summed E-state index contributed by atoms with van der Waals surface area (Å²) in [6, 6.07) is 1.91. The van der Waals surface area contributed by atoms with E-state index in [-0.39, 0.29) is 6.10 Å². The summed E-state index contributed by atoms with van der Waals surface area (Å²) in [5.41, 5.74) is 1.11. The minimum absolute atomic E-state index is 0.143. The molecule has 0 spiro atoms. The largest absolute Gasteiger partial charge is 0.393 e. The molecule has 3 nitrogen and oxygen atoms in total. The molecule has 2 rings (SSSR count). The lowest BCUT2D eigenvalue weighted by Gasteiger charge is -2.30. The molecule has 14 heavy (non-hydrogen) atoms. The fourth-order valence-corrected chi connectivity index (χ4v) is 2.41. The molecular formula is C10H13NO2S. The Bertz CT molecular complexity index is 316. The van der Waals surface area contributed by atoms with Crippen LogP contribution in [0.2, 0.25) is 0 Å². The Kier molecular flexibility index (Phi) is 2.84. The van der Waals surface area contributed by atoms with E-state index in [2.05, 4.69) is 4.90 Å². The van der Waals surface area contributed by atoms with E-state index in [1.54, 1.807) is 0 Å². The molecule has 1 aromatic rings. The Morgan fingerprint density at radius 3 is 2.79 bits per heavy atom. The summed E-state index contributed by atoms with van der Waals surface area (Å²) >= 11 is 1.47. The third-order valence-electron chi connectivity index (χ3n) is 2.55. The first-order valence-electron chi connectivity index (χ1n) is 4.76. The number of nitrogens with zero attached hydrogens (tertiary/aromatic N) is 1. The average molecular weight is 211 g/mol. The lowest BCUT2D eigenvalue weighted by molar-refractivity contribution is 0.112. The first kappa shape index (κ1) is 9.68. The molecule has 4 heteroatoms. The van der Waals surface area contributed by atoms with Crippen LogP contribution in [0.1, 0.15) is 22.5 Å². The van der Waals surface area contributed by atoms with Gasteiger partial charge in [0.25, 0.3) is 0 Å². The highest BCUT2D eigenvalue weighted by Gasteiger charge is 2.17. The van der Waals surface area contributed by atoms with Crippen LogP contribution in [-0.2, 0) is 0 Å². The van der Waals surface area contributed by atoms with E-state index >= 15 is 0 Å². The van der Waals surface area contributed by atoms with Crippen molar-refractivity contribution < 1.29 is 9.90 Å². The van der Waals surface area contributed by atoms with Crippen LogP contribution in [0.15, 0.2) is 11.4 Å². The molecular weight excluding hydrogens is 198 g/mol. The molecule has 1 aliphatic rings. The predicted octanol–water partition coefficient (Wildman–Crippen LogP) is 1.52. The van der Waals surface area contributed by atoms with Crippen LogP contribution >= 0.6 is 11.3 Å². The fourth-order valence-electron chi connectivity index (χ4n) is 1.69. The number of hydrogen-bond acceptors (Lipinski definition) is 4. The third-order valence-corrected chi connectivity index (χ3v) is 3.40. The van der Waals surface area contributed by atoms with E-state index < -0.39 is 0 Å². The quantitative estimate of drug-likeness (QED) is 0.754. The second-order valence-corrected chi connectivity index (χ2v) is 4.49. The van der Waals surface area contributed by atoms with Gasteiger partial charge in [0.1, 0.15) is 0 Å². The molecule has 1 aromatic heterocycles. The normalized spacial score (nSPS) is 18.5. The molecule has 0 aromatic carbocycles. The molecule has 1 aliphatic heterocycles. The van der Waals surface area contributed by atoms with Gasteiger partial charge >= 0.3 is 0 Å². The highest BCUT2D eigenvalue weighted by Crippen LogP contribution is 2.24. The van der Waals surface area contributed by atoms with Gasteiger partial charge in [-0.05, 0) is 18.9 Å². The molecule has 1 N–H and O–H groups in total. The van der Waals surface area contributed by atoms with Crippen molar-refractivity contribution in [1.82, 2.24) is 0 Å². The molecule has 1 saturated heterocycles. The molecule has 2 heterocycles. The summed E-state index contributed by atoms with van der Waals surface area (Å²) in [6.07, 6.45) is 2.39. The van der Waals surface area contributed by atoms with Crippen molar-refractivity contribution in [3.63, 3.8) is 0 Å². The second-order valence-electron chi connectivity index (χ2n) is 3.54. The lowest BCUT2D eigenvalue weighted by atomic mass is 10.1. The first-order valence-corrected chi connectivity index (χ1v) is 5.64. The van der Waals surface area contributed by atoms with Crippen molar-refractivity contribution in [2.24, 2.45) is 0 Å². The summed E-state index contributed by atoms with van der Waals surface area (Å²) in [6.45, 7) is 1.77.